The van der Waals surface area contributed by atoms with Crippen molar-refractivity contribution in [2.24, 2.45) is 10.8 Å². The molecule has 0 bridgehead atoms. The molecule has 0 aromatic heterocycles. The lowest BCUT2D eigenvalue weighted by atomic mass is 9.43. The Balaban J connectivity index is 1.61. The summed E-state index contributed by atoms with van der Waals surface area (Å²) in [5, 5.41) is 0. The minimum atomic E-state index is -2.91. The minimum Gasteiger partial charge on any atom is -0.213 e. The third-order valence-electron chi connectivity index (χ3n) is 4.41. The van der Waals surface area contributed by atoms with Crippen molar-refractivity contribution in [2.45, 2.75) is 32.1 Å². The van der Waals surface area contributed by atoms with Gasteiger partial charge < -0.3 is 0 Å². The molecule has 3 fully saturated rings. The Kier molecular flexibility index (Phi) is 1.54. The first kappa shape index (κ1) is 9.16. The Hall–Kier alpha value is -0.0900. The van der Waals surface area contributed by atoms with Crippen LogP contribution < -0.4 is 0 Å². The fraction of sp³-hybridized carbons (Fsp3) is 1.00. The van der Waals surface area contributed by atoms with E-state index in [2.05, 4.69) is 0 Å². The van der Waals surface area contributed by atoms with Crippen LogP contribution in [-0.4, -0.2) is 32.1 Å². The zero-order valence-electron chi connectivity index (χ0n) is 8.62. The van der Waals surface area contributed by atoms with Crippen LogP contribution >= 0.6 is 0 Å². The highest BCUT2D eigenvalue weighted by atomic mass is 32.2. The summed E-state index contributed by atoms with van der Waals surface area (Å²) < 4.78 is 24.0. The molecular formula is C10H17NO2S. The molecule has 1 aliphatic heterocycles. The topological polar surface area (TPSA) is 37.4 Å². The first-order valence-electron chi connectivity index (χ1n) is 5.39. The van der Waals surface area contributed by atoms with Crippen LogP contribution in [-0.2, 0) is 10.0 Å². The molecule has 2 saturated carbocycles. The molecule has 0 aromatic rings. The molecule has 0 radical (unpaired) electrons. The van der Waals surface area contributed by atoms with Gasteiger partial charge in [-0.2, -0.15) is 0 Å². The summed E-state index contributed by atoms with van der Waals surface area (Å²) in [6.07, 6.45) is 8.10. The first-order chi connectivity index (χ1) is 6.43. The molecule has 3 aliphatic rings. The Morgan fingerprint density at radius 2 is 1.64 bits per heavy atom. The summed E-state index contributed by atoms with van der Waals surface area (Å²) in [5.41, 5.74) is 1.08. The van der Waals surface area contributed by atoms with Crippen molar-refractivity contribution in [3.8, 4) is 0 Å². The van der Waals surface area contributed by atoms with E-state index in [-0.39, 0.29) is 0 Å². The normalized spacial score (nSPS) is 33.5. The van der Waals surface area contributed by atoms with Gasteiger partial charge in [-0.15, -0.1) is 0 Å². The summed E-state index contributed by atoms with van der Waals surface area (Å²) in [5.74, 6) is 0. The van der Waals surface area contributed by atoms with Crippen molar-refractivity contribution in [3.05, 3.63) is 0 Å². The highest BCUT2D eigenvalue weighted by Crippen LogP contribution is 2.67. The van der Waals surface area contributed by atoms with Crippen molar-refractivity contribution in [2.75, 3.05) is 19.3 Å². The van der Waals surface area contributed by atoms with Crippen LogP contribution in [0.25, 0.3) is 0 Å². The van der Waals surface area contributed by atoms with Crippen molar-refractivity contribution >= 4 is 10.0 Å². The molecule has 0 unspecified atom stereocenters. The molecule has 0 atom stereocenters. The van der Waals surface area contributed by atoms with Crippen molar-refractivity contribution in [1.82, 2.24) is 4.31 Å². The van der Waals surface area contributed by atoms with E-state index in [1.165, 1.54) is 38.4 Å². The summed E-state index contributed by atoms with van der Waals surface area (Å²) in [6, 6.07) is 0. The summed E-state index contributed by atoms with van der Waals surface area (Å²) in [6.45, 7) is 1.60. The molecule has 80 valence electrons. The maximum Gasteiger partial charge on any atom is 0.211 e. The predicted molar refractivity (Wildman–Crippen MR) is 54.4 cm³/mol. The van der Waals surface area contributed by atoms with Crippen LogP contribution in [0.4, 0.5) is 0 Å². The second-order valence-electron chi connectivity index (χ2n) is 5.74. The second-order valence-corrected chi connectivity index (χ2v) is 7.72. The van der Waals surface area contributed by atoms with Crippen LogP contribution in [0.15, 0.2) is 0 Å². The summed E-state index contributed by atoms with van der Waals surface area (Å²) in [7, 11) is -2.91. The van der Waals surface area contributed by atoms with Gasteiger partial charge in [0.25, 0.3) is 0 Å². The Morgan fingerprint density at radius 1 is 1.07 bits per heavy atom. The fourth-order valence-corrected chi connectivity index (χ4v) is 4.75. The number of nitrogens with zero attached hydrogens (tertiary/aromatic N) is 1. The van der Waals surface area contributed by atoms with Crippen LogP contribution in [0.1, 0.15) is 32.1 Å². The first-order valence-corrected chi connectivity index (χ1v) is 7.23. The smallest absolute Gasteiger partial charge is 0.211 e. The standard InChI is InChI=1S/C10H17NO2S/c1-14(12,13)11-7-10(8-11)5-9(6-10)3-2-4-9/h2-8H2,1H3. The van der Waals surface area contributed by atoms with Gasteiger partial charge in [0, 0.05) is 13.1 Å². The molecule has 3 nitrogen and oxygen atoms in total. The molecule has 14 heavy (non-hydrogen) atoms. The van der Waals surface area contributed by atoms with Gasteiger partial charge in [0.05, 0.1) is 6.26 Å². The van der Waals surface area contributed by atoms with E-state index in [0.29, 0.717) is 10.8 Å². The van der Waals surface area contributed by atoms with Crippen LogP contribution in [0.2, 0.25) is 0 Å². The van der Waals surface area contributed by atoms with E-state index < -0.39 is 10.0 Å². The Bertz CT molecular complexity index is 354. The minimum absolute atomic E-state index is 0.406. The molecule has 3 rings (SSSR count). The van der Waals surface area contributed by atoms with Gasteiger partial charge in [-0.25, -0.2) is 12.7 Å². The van der Waals surface area contributed by atoms with Gasteiger partial charge >= 0.3 is 0 Å². The fourth-order valence-electron chi connectivity index (χ4n) is 3.73. The summed E-state index contributed by atoms with van der Waals surface area (Å²) in [4.78, 5) is 0. The lowest BCUT2D eigenvalue weighted by molar-refractivity contribution is -0.150. The lowest BCUT2D eigenvalue weighted by Gasteiger charge is -2.67. The van der Waals surface area contributed by atoms with Gasteiger partial charge in [-0.05, 0) is 36.5 Å². The van der Waals surface area contributed by atoms with Crippen LogP contribution in [0, 0.1) is 10.8 Å². The predicted octanol–water partition coefficient (Wildman–Crippen LogP) is 1.21. The lowest BCUT2D eigenvalue weighted by Crippen LogP contribution is -2.67. The zero-order valence-corrected chi connectivity index (χ0v) is 9.44. The van der Waals surface area contributed by atoms with Gasteiger partial charge in [-0.3, -0.25) is 0 Å². The van der Waals surface area contributed by atoms with E-state index in [0.717, 1.165) is 13.1 Å². The molecule has 1 heterocycles. The van der Waals surface area contributed by atoms with Crippen LogP contribution in [0.3, 0.4) is 0 Å². The SMILES string of the molecule is CS(=O)(=O)N1CC2(C1)CC1(CCC1)C2. The third-order valence-corrected chi connectivity index (χ3v) is 5.60. The number of sulfonamides is 1. The van der Waals surface area contributed by atoms with E-state index >= 15 is 0 Å². The average Bonchev–Trinajstić information content (AvgIpc) is 1.72. The molecule has 1 saturated heterocycles. The molecule has 2 spiro atoms. The molecule has 0 aromatic carbocycles. The maximum absolute atomic E-state index is 11.2. The highest BCUT2D eigenvalue weighted by molar-refractivity contribution is 7.88. The molecular weight excluding hydrogens is 198 g/mol. The Labute approximate surface area is 85.5 Å². The highest BCUT2D eigenvalue weighted by Gasteiger charge is 2.62. The monoisotopic (exact) mass is 215 g/mol. The van der Waals surface area contributed by atoms with Gasteiger partial charge in [0.1, 0.15) is 0 Å². The van der Waals surface area contributed by atoms with Gasteiger partial charge in [-0.1, -0.05) is 6.42 Å². The van der Waals surface area contributed by atoms with Crippen molar-refractivity contribution in [3.63, 3.8) is 0 Å². The second kappa shape index (κ2) is 2.35. The number of hydrogen-bond acceptors (Lipinski definition) is 2. The number of hydrogen-bond donors (Lipinski definition) is 0. The number of rotatable bonds is 1. The zero-order chi connectivity index (χ0) is 10.0. The molecule has 0 amide bonds. The van der Waals surface area contributed by atoms with Gasteiger partial charge in [0.15, 0.2) is 0 Å². The maximum atomic E-state index is 11.2. The van der Waals surface area contributed by atoms with Crippen molar-refractivity contribution in [1.29, 1.82) is 0 Å². The molecule has 2 aliphatic carbocycles. The van der Waals surface area contributed by atoms with E-state index in [9.17, 15) is 8.42 Å². The summed E-state index contributed by atoms with van der Waals surface area (Å²) >= 11 is 0. The van der Waals surface area contributed by atoms with E-state index in [4.69, 9.17) is 0 Å². The van der Waals surface area contributed by atoms with E-state index in [1.54, 1.807) is 4.31 Å². The molecule has 4 heteroatoms. The average molecular weight is 215 g/mol. The van der Waals surface area contributed by atoms with E-state index in [1.807, 2.05) is 0 Å². The van der Waals surface area contributed by atoms with Gasteiger partial charge in [0.2, 0.25) is 10.0 Å². The molecule has 0 N–H and O–H groups in total. The Morgan fingerprint density at radius 3 is 2.00 bits per heavy atom. The third kappa shape index (κ3) is 1.10. The largest absolute Gasteiger partial charge is 0.213 e. The van der Waals surface area contributed by atoms with Crippen molar-refractivity contribution < 1.29 is 8.42 Å². The quantitative estimate of drug-likeness (QED) is 0.659. The van der Waals surface area contributed by atoms with Crippen LogP contribution in [0.5, 0.6) is 0 Å².